The van der Waals surface area contributed by atoms with Crippen LogP contribution in [0.3, 0.4) is 0 Å². The van der Waals surface area contributed by atoms with Crippen molar-refractivity contribution in [1.29, 1.82) is 0 Å². The Hall–Kier alpha value is -2.28. The van der Waals surface area contributed by atoms with Gasteiger partial charge in [-0.3, -0.25) is 0 Å². The number of hydrogen-bond donors (Lipinski definition) is 0. The van der Waals surface area contributed by atoms with Crippen molar-refractivity contribution >= 4 is 29.7 Å². The summed E-state index contributed by atoms with van der Waals surface area (Å²) in [6, 6.07) is 3.68. The molecule has 1 aliphatic rings. The van der Waals surface area contributed by atoms with Crippen molar-refractivity contribution < 1.29 is 18.8 Å². The molecule has 1 aliphatic heterocycles. The summed E-state index contributed by atoms with van der Waals surface area (Å²) in [7, 11) is -0.636. The minimum Gasteiger partial charge on any atom is -0.534 e. The van der Waals surface area contributed by atoms with E-state index in [4.69, 9.17) is 14.0 Å². The second kappa shape index (κ2) is 5.38. The Morgan fingerprint density at radius 3 is 2.71 bits per heavy atom. The van der Waals surface area contributed by atoms with E-state index < -0.39 is 24.4 Å². The van der Waals surface area contributed by atoms with Gasteiger partial charge < -0.3 is 14.0 Å². The number of fused-ring (bicyclic) bond motifs is 1. The molecule has 0 spiro atoms. The van der Waals surface area contributed by atoms with Crippen LogP contribution in [-0.4, -0.2) is 34.0 Å². The van der Waals surface area contributed by atoms with Gasteiger partial charge in [-0.15, -0.1) is 0 Å². The zero-order valence-electron chi connectivity index (χ0n) is 14.6. The van der Waals surface area contributed by atoms with E-state index in [-0.39, 0.29) is 0 Å². The van der Waals surface area contributed by atoms with Gasteiger partial charge in [-0.1, -0.05) is 6.58 Å². The van der Waals surface area contributed by atoms with Crippen molar-refractivity contribution in [2.24, 2.45) is 0 Å². The first-order valence-corrected chi connectivity index (χ1v) is 7.82. The van der Waals surface area contributed by atoms with E-state index in [0.717, 1.165) is 10.8 Å². The summed E-state index contributed by atoms with van der Waals surface area (Å²) in [6.07, 6.45) is 2.80. The Labute approximate surface area is 141 Å². The van der Waals surface area contributed by atoms with Crippen LogP contribution in [0, 0.1) is 0 Å². The fourth-order valence-electron chi connectivity index (χ4n) is 2.48. The lowest BCUT2D eigenvalue weighted by molar-refractivity contribution is 0.0544. The summed E-state index contributed by atoms with van der Waals surface area (Å²) in [6.45, 7) is 13.1. The topological polar surface area (TPSA) is 62.6 Å². The molecule has 0 aliphatic carbocycles. The Balaban J connectivity index is 2.05. The van der Waals surface area contributed by atoms with Gasteiger partial charge in [0.2, 0.25) is 0 Å². The molecule has 1 fully saturated rings. The first-order chi connectivity index (χ1) is 11.1. The van der Waals surface area contributed by atoms with E-state index in [0.29, 0.717) is 11.4 Å². The third-order valence-electron chi connectivity index (χ3n) is 3.76. The molecule has 3 rings (SSSR count). The van der Waals surface area contributed by atoms with Gasteiger partial charge in [0.1, 0.15) is 16.8 Å². The van der Waals surface area contributed by atoms with E-state index in [1.165, 1.54) is 4.57 Å². The zero-order chi connectivity index (χ0) is 17.7. The molecule has 126 valence electrons. The van der Waals surface area contributed by atoms with Crippen LogP contribution in [0.5, 0.6) is 0 Å². The Morgan fingerprint density at radius 2 is 2.12 bits per heavy atom. The summed E-state index contributed by atoms with van der Waals surface area (Å²) < 4.78 is 18.5. The molecule has 0 amide bonds. The molecule has 0 radical (unpaired) electrons. The fraction of sp³-hybridized carbons (Fsp3) is 0.412. The highest BCUT2D eigenvalue weighted by atomic mass is 16.7. The Kier molecular flexibility index (Phi) is 3.71. The van der Waals surface area contributed by atoms with E-state index in [1.807, 2.05) is 40.7 Å². The highest BCUT2D eigenvalue weighted by molar-refractivity contribution is 6.65. The molecule has 0 unspecified atom stereocenters. The van der Waals surface area contributed by atoms with Crippen LogP contribution in [0.2, 0.25) is 0 Å². The molecule has 0 aromatic carbocycles. The molecule has 6 nitrogen and oxygen atoms in total. The van der Waals surface area contributed by atoms with Crippen LogP contribution in [0.4, 0.5) is 4.79 Å². The lowest BCUT2D eigenvalue weighted by Crippen LogP contribution is -2.34. The average molecular weight is 328 g/mol. The fourth-order valence-corrected chi connectivity index (χ4v) is 2.48. The summed E-state index contributed by atoms with van der Waals surface area (Å²) in [5.74, 6) is 0.551. The number of pyridine rings is 1. The molecule has 2 aromatic rings. The van der Waals surface area contributed by atoms with Gasteiger partial charge in [-0.25, -0.2) is 14.3 Å². The van der Waals surface area contributed by atoms with E-state index in [9.17, 15) is 4.79 Å². The van der Waals surface area contributed by atoms with Gasteiger partial charge in [0.15, 0.2) is 0 Å². The van der Waals surface area contributed by atoms with Crippen LogP contribution in [0.1, 0.15) is 34.6 Å². The molecule has 24 heavy (non-hydrogen) atoms. The molecule has 3 heterocycles. The maximum Gasteiger partial charge on any atom is 0.565 e. The normalized spacial score (nSPS) is 17.2. The standard InChI is InChI=1S/C17H21BN2O4/c1-11-17(5,6)24-18(23-11)13-10-20(15(21)22-16(2,3)4)14-12(13)8-7-9-19-14/h7-10H,1H2,2-6H3. The third kappa shape index (κ3) is 2.91. The van der Waals surface area contributed by atoms with Gasteiger partial charge in [-0.2, -0.15) is 0 Å². The van der Waals surface area contributed by atoms with Crippen LogP contribution in [0.15, 0.2) is 36.9 Å². The largest absolute Gasteiger partial charge is 0.565 e. The van der Waals surface area contributed by atoms with Gasteiger partial charge in [0.25, 0.3) is 0 Å². The Bertz CT molecular complexity index is 820. The van der Waals surface area contributed by atoms with Crippen LogP contribution >= 0.6 is 0 Å². The summed E-state index contributed by atoms with van der Waals surface area (Å²) in [5.41, 5.74) is 0.0342. The molecule has 0 saturated carbocycles. The number of aromatic nitrogens is 2. The second-order valence-corrected chi connectivity index (χ2v) is 7.31. The van der Waals surface area contributed by atoms with Crippen molar-refractivity contribution in [2.75, 3.05) is 0 Å². The molecule has 0 N–H and O–H groups in total. The minimum atomic E-state index is -0.636. The van der Waals surface area contributed by atoms with Crippen molar-refractivity contribution in [1.82, 2.24) is 9.55 Å². The van der Waals surface area contributed by atoms with Crippen molar-refractivity contribution in [2.45, 2.75) is 45.8 Å². The number of ether oxygens (including phenoxy) is 1. The van der Waals surface area contributed by atoms with Crippen molar-refractivity contribution in [3.63, 3.8) is 0 Å². The summed E-state index contributed by atoms with van der Waals surface area (Å²) in [5, 5.41) is 0.777. The predicted octanol–water partition coefficient (Wildman–Crippen LogP) is 2.85. The van der Waals surface area contributed by atoms with Gasteiger partial charge in [0, 0.05) is 23.2 Å². The smallest absolute Gasteiger partial charge is 0.534 e. The van der Waals surface area contributed by atoms with E-state index in [2.05, 4.69) is 11.6 Å². The molecule has 2 aromatic heterocycles. The lowest BCUT2D eigenvalue weighted by atomic mass is 9.79. The number of carbonyl (C=O) groups excluding carboxylic acids is 1. The van der Waals surface area contributed by atoms with Gasteiger partial charge >= 0.3 is 13.2 Å². The van der Waals surface area contributed by atoms with E-state index in [1.54, 1.807) is 18.5 Å². The average Bonchev–Trinajstić information content (AvgIpc) is 2.95. The number of nitrogens with zero attached hydrogens (tertiary/aromatic N) is 2. The first-order valence-electron chi connectivity index (χ1n) is 7.82. The monoisotopic (exact) mass is 328 g/mol. The van der Waals surface area contributed by atoms with Crippen molar-refractivity contribution in [3.8, 4) is 0 Å². The van der Waals surface area contributed by atoms with Crippen LogP contribution < -0.4 is 5.46 Å². The SMILES string of the molecule is C=C1OB(c2cn(C(=O)OC(C)(C)C)c3ncccc23)OC1(C)C. The maximum absolute atomic E-state index is 12.5. The lowest BCUT2D eigenvalue weighted by Gasteiger charge is -2.19. The first kappa shape index (κ1) is 16.6. The predicted molar refractivity (Wildman–Crippen MR) is 92.1 cm³/mol. The summed E-state index contributed by atoms with van der Waals surface area (Å²) in [4.78, 5) is 16.8. The molecular weight excluding hydrogens is 307 g/mol. The van der Waals surface area contributed by atoms with Crippen molar-refractivity contribution in [3.05, 3.63) is 36.9 Å². The maximum atomic E-state index is 12.5. The molecule has 0 bridgehead atoms. The highest BCUT2D eigenvalue weighted by Gasteiger charge is 2.44. The van der Waals surface area contributed by atoms with Crippen LogP contribution in [-0.2, 0) is 14.0 Å². The molecule has 1 saturated heterocycles. The van der Waals surface area contributed by atoms with Gasteiger partial charge in [-0.05, 0) is 46.8 Å². The molecule has 7 heteroatoms. The zero-order valence-corrected chi connectivity index (χ0v) is 14.6. The third-order valence-corrected chi connectivity index (χ3v) is 3.76. The summed E-state index contributed by atoms with van der Waals surface area (Å²) >= 11 is 0. The van der Waals surface area contributed by atoms with Gasteiger partial charge in [0.05, 0.1) is 5.76 Å². The van der Waals surface area contributed by atoms with Crippen LogP contribution in [0.25, 0.3) is 11.0 Å². The molecular formula is C17H21BN2O4. The second-order valence-electron chi connectivity index (χ2n) is 7.31. The number of rotatable bonds is 1. The molecule has 0 atom stereocenters. The van der Waals surface area contributed by atoms with E-state index >= 15 is 0 Å². The quantitative estimate of drug-likeness (QED) is 0.753. The number of carbonyl (C=O) groups is 1. The Morgan fingerprint density at radius 1 is 1.42 bits per heavy atom. The highest BCUT2D eigenvalue weighted by Crippen LogP contribution is 2.30. The minimum absolute atomic E-state index is 0.492. The number of hydrogen-bond acceptors (Lipinski definition) is 5.